The Labute approximate surface area is 143 Å². The van der Waals surface area contributed by atoms with Crippen molar-refractivity contribution >= 4 is 28.8 Å². The van der Waals surface area contributed by atoms with Crippen LogP contribution in [0.2, 0.25) is 5.02 Å². The Morgan fingerprint density at radius 3 is 2.83 bits per heavy atom. The first kappa shape index (κ1) is 15.6. The number of benzene rings is 1. The molecule has 1 N–H and O–H groups in total. The third kappa shape index (κ3) is 3.57. The highest BCUT2D eigenvalue weighted by Gasteiger charge is 2.13. The predicted octanol–water partition coefficient (Wildman–Crippen LogP) is 4.10. The van der Waals surface area contributed by atoms with E-state index >= 15 is 0 Å². The van der Waals surface area contributed by atoms with Crippen LogP contribution in [0.4, 0.5) is 0 Å². The largest absolute Gasteiger partial charge is 0.347 e. The molecule has 23 heavy (non-hydrogen) atoms. The second-order valence-corrected chi connectivity index (χ2v) is 6.42. The van der Waals surface area contributed by atoms with Crippen LogP contribution in [-0.2, 0) is 6.54 Å². The van der Waals surface area contributed by atoms with Crippen molar-refractivity contribution in [1.82, 2.24) is 15.3 Å². The highest BCUT2D eigenvalue weighted by Crippen LogP contribution is 2.32. The zero-order valence-electron chi connectivity index (χ0n) is 12.4. The van der Waals surface area contributed by atoms with E-state index in [0.29, 0.717) is 17.1 Å². The van der Waals surface area contributed by atoms with E-state index in [1.807, 2.05) is 31.2 Å². The SMILES string of the molecule is Cc1nc(-c2ccccc2Cl)sc1CNC(=O)c1cccnc1. The number of hydrogen-bond donors (Lipinski definition) is 1. The molecule has 116 valence electrons. The van der Waals surface area contributed by atoms with E-state index in [2.05, 4.69) is 15.3 Å². The first-order chi connectivity index (χ1) is 11.1. The fourth-order valence-electron chi connectivity index (χ4n) is 2.10. The zero-order chi connectivity index (χ0) is 16.2. The molecule has 0 aliphatic rings. The number of rotatable bonds is 4. The van der Waals surface area contributed by atoms with E-state index in [-0.39, 0.29) is 5.91 Å². The van der Waals surface area contributed by atoms with Gasteiger partial charge < -0.3 is 5.32 Å². The molecule has 0 fully saturated rings. The van der Waals surface area contributed by atoms with Crippen molar-refractivity contribution in [2.24, 2.45) is 0 Å². The maximum absolute atomic E-state index is 12.1. The summed E-state index contributed by atoms with van der Waals surface area (Å²) >= 11 is 7.76. The minimum atomic E-state index is -0.148. The van der Waals surface area contributed by atoms with Crippen LogP contribution in [-0.4, -0.2) is 15.9 Å². The Morgan fingerprint density at radius 1 is 1.26 bits per heavy atom. The molecule has 3 rings (SSSR count). The predicted molar refractivity (Wildman–Crippen MR) is 92.7 cm³/mol. The van der Waals surface area contributed by atoms with E-state index in [4.69, 9.17) is 11.6 Å². The van der Waals surface area contributed by atoms with Crippen molar-refractivity contribution in [3.8, 4) is 10.6 Å². The smallest absolute Gasteiger partial charge is 0.253 e. The summed E-state index contributed by atoms with van der Waals surface area (Å²) in [6.45, 7) is 2.37. The summed E-state index contributed by atoms with van der Waals surface area (Å²) in [5.41, 5.74) is 2.35. The Bertz CT molecular complexity index is 833. The van der Waals surface area contributed by atoms with Gasteiger partial charge in [0.2, 0.25) is 0 Å². The number of nitrogens with zero attached hydrogens (tertiary/aromatic N) is 2. The molecule has 2 heterocycles. The Morgan fingerprint density at radius 2 is 2.09 bits per heavy atom. The summed E-state index contributed by atoms with van der Waals surface area (Å²) < 4.78 is 0. The van der Waals surface area contributed by atoms with Crippen LogP contribution < -0.4 is 5.32 Å². The topological polar surface area (TPSA) is 54.9 Å². The maximum Gasteiger partial charge on any atom is 0.253 e. The summed E-state index contributed by atoms with van der Waals surface area (Å²) in [6, 6.07) is 11.1. The monoisotopic (exact) mass is 343 g/mol. The van der Waals surface area contributed by atoms with Crippen LogP contribution in [0, 0.1) is 6.92 Å². The van der Waals surface area contributed by atoms with Gasteiger partial charge in [0.25, 0.3) is 5.91 Å². The van der Waals surface area contributed by atoms with Crippen LogP contribution in [0.5, 0.6) is 0 Å². The quantitative estimate of drug-likeness (QED) is 0.776. The highest BCUT2D eigenvalue weighted by molar-refractivity contribution is 7.15. The van der Waals surface area contributed by atoms with E-state index in [9.17, 15) is 4.79 Å². The van der Waals surface area contributed by atoms with Crippen molar-refractivity contribution in [1.29, 1.82) is 0 Å². The average Bonchev–Trinajstić information content (AvgIpc) is 2.94. The lowest BCUT2D eigenvalue weighted by Crippen LogP contribution is -2.22. The Hall–Kier alpha value is -2.24. The van der Waals surface area contributed by atoms with Gasteiger partial charge in [0.15, 0.2) is 0 Å². The van der Waals surface area contributed by atoms with Gasteiger partial charge in [-0.1, -0.05) is 29.8 Å². The minimum absolute atomic E-state index is 0.148. The van der Waals surface area contributed by atoms with Crippen molar-refractivity contribution in [2.75, 3.05) is 0 Å². The van der Waals surface area contributed by atoms with Gasteiger partial charge in [0, 0.05) is 22.8 Å². The summed E-state index contributed by atoms with van der Waals surface area (Å²) in [5.74, 6) is -0.148. The molecule has 1 amide bonds. The van der Waals surface area contributed by atoms with E-state index in [1.165, 1.54) is 11.3 Å². The molecule has 4 nitrogen and oxygen atoms in total. The fourth-order valence-corrected chi connectivity index (χ4v) is 3.42. The number of aryl methyl sites for hydroxylation is 1. The van der Waals surface area contributed by atoms with Gasteiger partial charge in [-0.2, -0.15) is 0 Å². The highest BCUT2D eigenvalue weighted by atomic mass is 35.5. The maximum atomic E-state index is 12.1. The number of thiazole rings is 1. The second-order valence-electron chi connectivity index (χ2n) is 4.93. The lowest BCUT2D eigenvalue weighted by atomic mass is 10.2. The first-order valence-electron chi connectivity index (χ1n) is 7.04. The molecule has 0 spiro atoms. The van der Waals surface area contributed by atoms with E-state index in [1.54, 1.807) is 24.5 Å². The van der Waals surface area contributed by atoms with Gasteiger partial charge in [-0.05, 0) is 25.1 Å². The zero-order valence-corrected chi connectivity index (χ0v) is 14.0. The third-order valence-corrected chi connectivity index (χ3v) is 4.85. The molecule has 0 aliphatic heterocycles. The van der Waals surface area contributed by atoms with Gasteiger partial charge >= 0.3 is 0 Å². The van der Waals surface area contributed by atoms with Crippen molar-refractivity contribution in [3.63, 3.8) is 0 Å². The molecule has 0 saturated heterocycles. The van der Waals surface area contributed by atoms with Crippen LogP contribution in [0.1, 0.15) is 20.9 Å². The molecule has 0 aliphatic carbocycles. The number of amides is 1. The molecule has 2 aromatic heterocycles. The molecule has 3 aromatic rings. The molecule has 0 unspecified atom stereocenters. The average molecular weight is 344 g/mol. The van der Waals surface area contributed by atoms with Crippen LogP contribution in [0.25, 0.3) is 10.6 Å². The van der Waals surface area contributed by atoms with Crippen molar-refractivity contribution < 1.29 is 4.79 Å². The number of carbonyl (C=O) groups is 1. The van der Waals surface area contributed by atoms with Crippen molar-refractivity contribution in [2.45, 2.75) is 13.5 Å². The molecule has 0 saturated carbocycles. The summed E-state index contributed by atoms with van der Waals surface area (Å²) in [4.78, 5) is 21.6. The first-order valence-corrected chi connectivity index (χ1v) is 8.24. The second kappa shape index (κ2) is 6.89. The number of nitrogens with one attached hydrogen (secondary N) is 1. The summed E-state index contributed by atoms with van der Waals surface area (Å²) in [5, 5.41) is 4.43. The fraction of sp³-hybridized carbons (Fsp3) is 0.118. The number of hydrogen-bond acceptors (Lipinski definition) is 4. The summed E-state index contributed by atoms with van der Waals surface area (Å²) in [6.07, 6.45) is 3.18. The van der Waals surface area contributed by atoms with Crippen molar-refractivity contribution in [3.05, 3.63) is 69.9 Å². The lowest BCUT2D eigenvalue weighted by molar-refractivity contribution is 0.0951. The Kier molecular flexibility index (Phi) is 4.69. The number of carbonyl (C=O) groups excluding carboxylic acids is 1. The van der Waals surface area contributed by atoms with Crippen LogP contribution >= 0.6 is 22.9 Å². The molecule has 1 aromatic carbocycles. The Balaban J connectivity index is 1.75. The molecule has 0 radical (unpaired) electrons. The number of pyridine rings is 1. The van der Waals surface area contributed by atoms with E-state index in [0.717, 1.165) is 21.1 Å². The molecular weight excluding hydrogens is 330 g/mol. The summed E-state index contributed by atoms with van der Waals surface area (Å²) in [7, 11) is 0. The lowest BCUT2D eigenvalue weighted by Gasteiger charge is -2.03. The molecule has 0 atom stereocenters. The number of halogens is 1. The van der Waals surface area contributed by atoms with Gasteiger partial charge in [-0.15, -0.1) is 11.3 Å². The number of aromatic nitrogens is 2. The van der Waals surface area contributed by atoms with Crippen LogP contribution in [0.15, 0.2) is 48.8 Å². The van der Waals surface area contributed by atoms with E-state index < -0.39 is 0 Å². The van der Waals surface area contributed by atoms with Crippen LogP contribution in [0.3, 0.4) is 0 Å². The minimum Gasteiger partial charge on any atom is -0.347 e. The third-order valence-electron chi connectivity index (χ3n) is 3.33. The standard InChI is InChI=1S/C17H14ClN3OS/c1-11-15(10-20-16(22)12-5-4-8-19-9-12)23-17(21-11)13-6-2-3-7-14(13)18/h2-9H,10H2,1H3,(H,20,22). The molecular formula is C17H14ClN3OS. The molecule has 6 heteroatoms. The van der Waals surface area contributed by atoms with Gasteiger partial charge in [-0.3, -0.25) is 9.78 Å². The molecule has 0 bridgehead atoms. The normalized spacial score (nSPS) is 10.5. The van der Waals surface area contributed by atoms with Gasteiger partial charge in [-0.25, -0.2) is 4.98 Å². The van der Waals surface area contributed by atoms with Gasteiger partial charge in [0.05, 0.1) is 22.8 Å². The van der Waals surface area contributed by atoms with Gasteiger partial charge in [0.1, 0.15) is 5.01 Å².